The molecule has 4 nitrogen and oxygen atoms in total. The number of hydrogen-bond donors (Lipinski definition) is 0. The highest BCUT2D eigenvalue weighted by molar-refractivity contribution is 5.46. The van der Waals surface area contributed by atoms with E-state index in [2.05, 4.69) is 45.8 Å². The minimum atomic E-state index is 0.574. The van der Waals surface area contributed by atoms with E-state index in [0.29, 0.717) is 6.04 Å². The SMILES string of the molecule is Cc1ccc(N2CCN(CC3CCN(C)CC3)CC2C)cn1. The van der Waals surface area contributed by atoms with Gasteiger partial charge in [-0.2, -0.15) is 0 Å². The maximum absolute atomic E-state index is 4.45. The molecule has 2 aliphatic rings. The van der Waals surface area contributed by atoms with E-state index in [1.165, 1.54) is 51.3 Å². The number of piperazine rings is 1. The maximum atomic E-state index is 4.45. The summed E-state index contributed by atoms with van der Waals surface area (Å²) in [5.74, 6) is 0.899. The van der Waals surface area contributed by atoms with Gasteiger partial charge in [0.15, 0.2) is 0 Å². The van der Waals surface area contributed by atoms with Crippen LogP contribution in [-0.4, -0.2) is 67.1 Å². The minimum Gasteiger partial charge on any atom is -0.365 e. The Morgan fingerprint density at radius 2 is 1.91 bits per heavy atom. The van der Waals surface area contributed by atoms with E-state index in [0.717, 1.165) is 18.2 Å². The molecule has 1 aromatic rings. The summed E-state index contributed by atoms with van der Waals surface area (Å²) in [5.41, 5.74) is 2.37. The Morgan fingerprint density at radius 1 is 1.14 bits per heavy atom. The normalized spacial score (nSPS) is 25.6. The lowest BCUT2D eigenvalue weighted by Crippen LogP contribution is -2.53. The van der Waals surface area contributed by atoms with Gasteiger partial charge >= 0.3 is 0 Å². The van der Waals surface area contributed by atoms with Gasteiger partial charge in [-0.05, 0) is 64.9 Å². The molecule has 3 rings (SSSR count). The van der Waals surface area contributed by atoms with Crippen molar-refractivity contribution in [3.63, 3.8) is 0 Å². The molecule has 122 valence electrons. The summed E-state index contributed by atoms with van der Waals surface area (Å²) in [5, 5.41) is 0. The molecule has 3 heterocycles. The van der Waals surface area contributed by atoms with Crippen LogP contribution in [0.15, 0.2) is 18.3 Å². The highest BCUT2D eigenvalue weighted by Crippen LogP contribution is 2.22. The molecule has 0 radical (unpaired) electrons. The van der Waals surface area contributed by atoms with Crippen LogP contribution in [0.5, 0.6) is 0 Å². The van der Waals surface area contributed by atoms with Crippen LogP contribution in [0, 0.1) is 12.8 Å². The van der Waals surface area contributed by atoms with Crippen LogP contribution < -0.4 is 4.90 Å². The van der Waals surface area contributed by atoms with Gasteiger partial charge in [0.05, 0.1) is 11.9 Å². The number of piperidine rings is 1. The number of aromatic nitrogens is 1. The smallest absolute Gasteiger partial charge is 0.0556 e. The molecule has 0 aromatic carbocycles. The number of rotatable bonds is 3. The van der Waals surface area contributed by atoms with Crippen LogP contribution in [0.1, 0.15) is 25.5 Å². The molecule has 1 aromatic heterocycles. The van der Waals surface area contributed by atoms with Crippen LogP contribution >= 0.6 is 0 Å². The third-order valence-corrected chi connectivity index (χ3v) is 5.29. The Morgan fingerprint density at radius 3 is 2.55 bits per heavy atom. The Labute approximate surface area is 135 Å². The summed E-state index contributed by atoms with van der Waals surface area (Å²) >= 11 is 0. The summed E-state index contributed by atoms with van der Waals surface area (Å²) in [6.07, 6.45) is 4.76. The van der Waals surface area contributed by atoms with Crippen molar-refractivity contribution in [2.75, 3.05) is 51.2 Å². The third-order valence-electron chi connectivity index (χ3n) is 5.29. The molecular formula is C18H30N4. The van der Waals surface area contributed by atoms with E-state index in [4.69, 9.17) is 0 Å². The molecular weight excluding hydrogens is 272 g/mol. The maximum Gasteiger partial charge on any atom is 0.0556 e. The molecule has 0 bridgehead atoms. The Hall–Kier alpha value is -1.13. The second-order valence-corrected chi connectivity index (χ2v) is 7.21. The van der Waals surface area contributed by atoms with Gasteiger partial charge in [0.1, 0.15) is 0 Å². The lowest BCUT2D eigenvalue weighted by Gasteiger charge is -2.43. The number of aryl methyl sites for hydroxylation is 1. The second kappa shape index (κ2) is 6.97. The van der Waals surface area contributed by atoms with Gasteiger partial charge in [0, 0.05) is 37.9 Å². The van der Waals surface area contributed by atoms with E-state index in [-0.39, 0.29) is 0 Å². The molecule has 1 unspecified atom stereocenters. The fourth-order valence-electron chi connectivity index (χ4n) is 3.82. The first-order valence-electron chi connectivity index (χ1n) is 8.72. The van der Waals surface area contributed by atoms with Crippen molar-refractivity contribution in [2.24, 2.45) is 5.92 Å². The van der Waals surface area contributed by atoms with Crippen molar-refractivity contribution < 1.29 is 0 Å². The zero-order chi connectivity index (χ0) is 15.5. The van der Waals surface area contributed by atoms with E-state index in [1.807, 2.05) is 13.1 Å². The van der Waals surface area contributed by atoms with Crippen molar-refractivity contribution in [1.29, 1.82) is 0 Å². The zero-order valence-corrected chi connectivity index (χ0v) is 14.3. The quantitative estimate of drug-likeness (QED) is 0.854. The molecule has 2 aliphatic heterocycles. The molecule has 0 N–H and O–H groups in total. The Bertz CT molecular complexity index is 464. The number of likely N-dealkylation sites (tertiary alicyclic amines) is 1. The molecule has 2 fully saturated rings. The van der Waals surface area contributed by atoms with Crippen molar-refractivity contribution in [3.8, 4) is 0 Å². The molecule has 2 saturated heterocycles. The molecule has 0 saturated carbocycles. The van der Waals surface area contributed by atoms with Gasteiger partial charge in [-0.25, -0.2) is 0 Å². The fourth-order valence-corrected chi connectivity index (χ4v) is 3.82. The topological polar surface area (TPSA) is 22.6 Å². The molecule has 0 aliphatic carbocycles. The van der Waals surface area contributed by atoms with Gasteiger partial charge in [-0.3, -0.25) is 9.88 Å². The minimum absolute atomic E-state index is 0.574. The van der Waals surface area contributed by atoms with Gasteiger partial charge in [0.2, 0.25) is 0 Å². The monoisotopic (exact) mass is 302 g/mol. The first-order chi connectivity index (χ1) is 10.6. The van der Waals surface area contributed by atoms with Gasteiger partial charge in [-0.15, -0.1) is 0 Å². The van der Waals surface area contributed by atoms with Crippen LogP contribution in [0.2, 0.25) is 0 Å². The lowest BCUT2D eigenvalue weighted by atomic mass is 9.96. The van der Waals surface area contributed by atoms with Crippen molar-refractivity contribution in [1.82, 2.24) is 14.8 Å². The highest BCUT2D eigenvalue weighted by atomic mass is 15.3. The van der Waals surface area contributed by atoms with Crippen molar-refractivity contribution >= 4 is 5.69 Å². The summed E-state index contributed by atoms with van der Waals surface area (Å²) in [6.45, 7) is 11.7. The van der Waals surface area contributed by atoms with E-state index >= 15 is 0 Å². The summed E-state index contributed by atoms with van der Waals surface area (Å²) in [7, 11) is 2.24. The van der Waals surface area contributed by atoms with Crippen LogP contribution in [-0.2, 0) is 0 Å². The summed E-state index contributed by atoms with van der Waals surface area (Å²) < 4.78 is 0. The van der Waals surface area contributed by atoms with Crippen molar-refractivity contribution in [3.05, 3.63) is 24.0 Å². The molecule has 1 atom stereocenters. The standard InChI is InChI=1S/C18H30N4/c1-15-4-5-18(12-19-15)22-11-10-21(13-16(22)2)14-17-6-8-20(3)9-7-17/h4-5,12,16-17H,6-11,13-14H2,1-3H3. The van der Waals surface area contributed by atoms with Gasteiger partial charge < -0.3 is 9.80 Å². The average molecular weight is 302 g/mol. The lowest BCUT2D eigenvalue weighted by molar-refractivity contribution is 0.146. The molecule has 22 heavy (non-hydrogen) atoms. The fraction of sp³-hybridized carbons (Fsp3) is 0.722. The van der Waals surface area contributed by atoms with Gasteiger partial charge in [0.25, 0.3) is 0 Å². The second-order valence-electron chi connectivity index (χ2n) is 7.21. The zero-order valence-electron chi connectivity index (χ0n) is 14.3. The third kappa shape index (κ3) is 3.79. The van der Waals surface area contributed by atoms with Gasteiger partial charge in [-0.1, -0.05) is 0 Å². The average Bonchev–Trinajstić information content (AvgIpc) is 2.51. The van der Waals surface area contributed by atoms with Crippen LogP contribution in [0.3, 0.4) is 0 Å². The van der Waals surface area contributed by atoms with Crippen LogP contribution in [0.4, 0.5) is 5.69 Å². The highest BCUT2D eigenvalue weighted by Gasteiger charge is 2.26. The first-order valence-corrected chi connectivity index (χ1v) is 8.72. The summed E-state index contributed by atoms with van der Waals surface area (Å²) in [4.78, 5) is 12.1. The Kier molecular flexibility index (Phi) is 4.99. The molecule has 4 heteroatoms. The largest absolute Gasteiger partial charge is 0.365 e. The Balaban J connectivity index is 1.52. The summed E-state index contributed by atoms with van der Waals surface area (Å²) in [6, 6.07) is 4.91. The predicted octanol–water partition coefficient (Wildman–Crippen LogP) is 2.24. The number of anilines is 1. The predicted molar refractivity (Wildman–Crippen MR) is 92.4 cm³/mol. The number of nitrogens with zero attached hydrogens (tertiary/aromatic N) is 4. The number of hydrogen-bond acceptors (Lipinski definition) is 4. The van der Waals surface area contributed by atoms with Crippen molar-refractivity contribution in [2.45, 2.75) is 32.7 Å². The van der Waals surface area contributed by atoms with E-state index < -0.39 is 0 Å². The van der Waals surface area contributed by atoms with Crippen LogP contribution in [0.25, 0.3) is 0 Å². The molecule has 0 amide bonds. The number of pyridine rings is 1. The van der Waals surface area contributed by atoms with E-state index in [9.17, 15) is 0 Å². The molecule has 0 spiro atoms. The first kappa shape index (κ1) is 15.8. The van der Waals surface area contributed by atoms with E-state index in [1.54, 1.807) is 0 Å².